The zero-order valence-corrected chi connectivity index (χ0v) is 13.8. The maximum Gasteiger partial charge on any atom is 0.339 e. The van der Waals surface area contributed by atoms with Crippen LogP contribution in [0.25, 0.3) is 0 Å². The Morgan fingerprint density at radius 1 is 1.09 bits per heavy atom. The molecule has 0 saturated heterocycles. The Kier molecular flexibility index (Phi) is 7.76. The van der Waals surface area contributed by atoms with Gasteiger partial charge in [-0.05, 0) is 26.0 Å². The summed E-state index contributed by atoms with van der Waals surface area (Å²) < 4.78 is 4.69. The third-order valence-electron chi connectivity index (χ3n) is 3.30. The van der Waals surface area contributed by atoms with Gasteiger partial charge in [-0.15, -0.1) is 0 Å². The average molecular weight is 322 g/mol. The molecule has 0 spiro atoms. The van der Waals surface area contributed by atoms with Crippen molar-refractivity contribution in [3.05, 3.63) is 29.8 Å². The van der Waals surface area contributed by atoms with Crippen LogP contribution in [0.2, 0.25) is 0 Å². The van der Waals surface area contributed by atoms with Gasteiger partial charge in [0.05, 0.1) is 24.9 Å². The van der Waals surface area contributed by atoms with Crippen molar-refractivity contribution in [2.75, 3.05) is 38.6 Å². The van der Waals surface area contributed by atoms with Crippen molar-refractivity contribution in [3.63, 3.8) is 0 Å². The molecular formula is C16H24N3O4+. The van der Waals surface area contributed by atoms with Gasteiger partial charge in [0.25, 0.3) is 11.8 Å². The molecule has 7 heteroatoms. The predicted molar refractivity (Wildman–Crippen MR) is 86.3 cm³/mol. The quantitative estimate of drug-likeness (QED) is 0.561. The first kappa shape index (κ1) is 18.6. The second-order valence-corrected chi connectivity index (χ2v) is 5.00. The lowest BCUT2D eigenvalue weighted by atomic mass is 10.2. The Bertz CT molecular complexity index is 560. The number of likely N-dealkylation sites (N-methyl/N-ethyl adjacent to an activating group) is 2. The van der Waals surface area contributed by atoms with Gasteiger partial charge in [0.15, 0.2) is 13.1 Å². The van der Waals surface area contributed by atoms with Crippen LogP contribution in [-0.2, 0) is 14.3 Å². The third-order valence-corrected chi connectivity index (χ3v) is 3.30. The van der Waals surface area contributed by atoms with E-state index in [-0.39, 0.29) is 24.9 Å². The number of carbonyl (C=O) groups is 3. The fourth-order valence-electron chi connectivity index (χ4n) is 2.10. The molecule has 0 aliphatic carbocycles. The number of anilines is 1. The minimum Gasteiger partial charge on any atom is -0.465 e. The van der Waals surface area contributed by atoms with Gasteiger partial charge in [-0.1, -0.05) is 12.1 Å². The van der Waals surface area contributed by atoms with E-state index in [1.165, 1.54) is 7.11 Å². The van der Waals surface area contributed by atoms with Crippen LogP contribution in [0, 0.1) is 0 Å². The summed E-state index contributed by atoms with van der Waals surface area (Å²) >= 11 is 0. The number of para-hydroxylation sites is 1. The van der Waals surface area contributed by atoms with Crippen LogP contribution in [0.5, 0.6) is 0 Å². The number of hydrogen-bond acceptors (Lipinski definition) is 4. The van der Waals surface area contributed by atoms with Gasteiger partial charge in [0.1, 0.15) is 0 Å². The Morgan fingerprint density at radius 2 is 1.74 bits per heavy atom. The topological polar surface area (TPSA) is 88.9 Å². The van der Waals surface area contributed by atoms with Crippen LogP contribution in [0.4, 0.5) is 5.69 Å². The van der Waals surface area contributed by atoms with E-state index < -0.39 is 5.97 Å². The molecule has 126 valence electrons. The monoisotopic (exact) mass is 322 g/mol. The standard InChI is InChI=1S/C16H23N3O4/c1-4-17-14(20)10-19(5-2)11-15(21)18-13-9-7-6-8-12(13)16(22)23-3/h6-9H,4-5,10-11H2,1-3H3,(H,17,20)(H,18,21)/p+1. The lowest BCUT2D eigenvalue weighted by molar-refractivity contribution is -0.881. The molecule has 0 radical (unpaired) electrons. The first-order valence-electron chi connectivity index (χ1n) is 7.59. The van der Waals surface area contributed by atoms with Gasteiger partial charge in [-0.25, -0.2) is 4.79 Å². The van der Waals surface area contributed by atoms with Crippen molar-refractivity contribution in [1.29, 1.82) is 0 Å². The van der Waals surface area contributed by atoms with E-state index >= 15 is 0 Å². The van der Waals surface area contributed by atoms with Crippen molar-refractivity contribution < 1.29 is 24.0 Å². The minimum atomic E-state index is -0.511. The van der Waals surface area contributed by atoms with E-state index in [9.17, 15) is 14.4 Å². The summed E-state index contributed by atoms with van der Waals surface area (Å²) in [5, 5.41) is 5.42. The molecule has 1 rings (SSSR count). The van der Waals surface area contributed by atoms with Crippen LogP contribution in [0.15, 0.2) is 24.3 Å². The van der Waals surface area contributed by atoms with E-state index in [1.807, 2.05) is 13.8 Å². The number of carbonyl (C=O) groups excluding carboxylic acids is 3. The van der Waals surface area contributed by atoms with Gasteiger partial charge in [-0.2, -0.15) is 0 Å². The summed E-state index contributed by atoms with van der Waals surface area (Å²) in [5.41, 5.74) is 0.697. The van der Waals surface area contributed by atoms with Gasteiger partial charge < -0.3 is 20.3 Å². The van der Waals surface area contributed by atoms with Crippen molar-refractivity contribution in [2.24, 2.45) is 0 Å². The molecule has 0 heterocycles. The number of benzene rings is 1. The zero-order chi connectivity index (χ0) is 17.2. The normalized spacial score (nSPS) is 11.4. The second-order valence-electron chi connectivity index (χ2n) is 5.00. The number of methoxy groups -OCH3 is 1. The van der Waals surface area contributed by atoms with Crippen molar-refractivity contribution >= 4 is 23.5 Å². The lowest BCUT2D eigenvalue weighted by Crippen LogP contribution is -3.14. The SMILES string of the molecule is CCNC(=O)C[NH+](CC)CC(=O)Nc1ccccc1C(=O)OC. The Morgan fingerprint density at radius 3 is 2.35 bits per heavy atom. The molecule has 1 aromatic carbocycles. The smallest absolute Gasteiger partial charge is 0.339 e. The molecule has 0 aliphatic rings. The highest BCUT2D eigenvalue weighted by atomic mass is 16.5. The third kappa shape index (κ3) is 6.07. The summed E-state index contributed by atoms with van der Waals surface area (Å²) in [4.78, 5) is 36.3. The van der Waals surface area contributed by atoms with Gasteiger partial charge in [0.2, 0.25) is 0 Å². The highest BCUT2D eigenvalue weighted by molar-refractivity contribution is 6.01. The summed E-state index contributed by atoms with van der Waals surface area (Å²) in [6, 6.07) is 6.64. The average Bonchev–Trinajstić information content (AvgIpc) is 2.54. The number of amides is 2. The fourth-order valence-corrected chi connectivity index (χ4v) is 2.10. The molecule has 1 aromatic rings. The number of esters is 1. The minimum absolute atomic E-state index is 0.0906. The zero-order valence-electron chi connectivity index (χ0n) is 13.8. The number of rotatable bonds is 8. The Labute approximate surface area is 136 Å². The predicted octanol–water partition coefficient (Wildman–Crippen LogP) is -0.547. The summed E-state index contributed by atoms with van der Waals surface area (Å²) in [5.74, 6) is -0.863. The van der Waals surface area contributed by atoms with Crippen LogP contribution < -0.4 is 15.5 Å². The van der Waals surface area contributed by atoms with E-state index in [0.29, 0.717) is 24.3 Å². The van der Waals surface area contributed by atoms with E-state index in [2.05, 4.69) is 10.6 Å². The molecule has 23 heavy (non-hydrogen) atoms. The highest BCUT2D eigenvalue weighted by Gasteiger charge is 2.18. The maximum absolute atomic E-state index is 12.2. The summed E-state index contributed by atoms with van der Waals surface area (Å²) in [6.45, 7) is 5.33. The van der Waals surface area contributed by atoms with Crippen LogP contribution in [-0.4, -0.2) is 51.1 Å². The second kappa shape index (κ2) is 9.58. The number of nitrogens with one attached hydrogen (secondary N) is 3. The molecule has 7 nitrogen and oxygen atoms in total. The first-order chi connectivity index (χ1) is 11.0. The van der Waals surface area contributed by atoms with Gasteiger partial charge >= 0.3 is 5.97 Å². The summed E-state index contributed by atoms with van der Waals surface area (Å²) in [7, 11) is 1.29. The molecular weight excluding hydrogens is 298 g/mol. The number of hydrogen-bond donors (Lipinski definition) is 3. The van der Waals surface area contributed by atoms with Crippen molar-refractivity contribution in [3.8, 4) is 0 Å². The molecule has 0 saturated carbocycles. The number of quaternary nitrogens is 1. The Balaban J connectivity index is 2.69. The van der Waals surface area contributed by atoms with Crippen LogP contribution >= 0.6 is 0 Å². The molecule has 2 amide bonds. The molecule has 3 N–H and O–H groups in total. The van der Waals surface area contributed by atoms with E-state index in [1.54, 1.807) is 24.3 Å². The number of ether oxygens (including phenoxy) is 1. The Hall–Kier alpha value is -2.41. The van der Waals surface area contributed by atoms with Crippen LogP contribution in [0.1, 0.15) is 24.2 Å². The first-order valence-corrected chi connectivity index (χ1v) is 7.59. The van der Waals surface area contributed by atoms with Gasteiger partial charge in [-0.3, -0.25) is 9.59 Å². The maximum atomic E-state index is 12.2. The molecule has 0 aliphatic heterocycles. The largest absolute Gasteiger partial charge is 0.465 e. The van der Waals surface area contributed by atoms with E-state index in [4.69, 9.17) is 4.74 Å². The van der Waals surface area contributed by atoms with Gasteiger partial charge in [0, 0.05) is 6.54 Å². The van der Waals surface area contributed by atoms with Crippen molar-refractivity contribution in [2.45, 2.75) is 13.8 Å². The van der Waals surface area contributed by atoms with Crippen molar-refractivity contribution in [1.82, 2.24) is 5.32 Å². The molecule has 1 unspecified atom stereocenters. The fraction of sp³-hybridized carbons (Fsp3) is 0.438. The molecule has 0 fully saturated rings. The molecule has 0 aromatic heterocycles. The highest BCUT2D eigenvalue weighted by Crippen LogP contribution is 2.15. The summed E-state index contributed by atoms with van der Waals surface area (Å²) in [6.07, 6.45) is 0. The van der Waals surface area contributed by atoms with E-state index in [0.717, 1.165) is 4.90 Å². The molecule has 0 bridgehead atoms. The lowest BCUT2D eigenvalue weighted by Gasteiger charge is -2.17. The van der Waals surface area contributed by atoms with Crippen LogP contribution in [0.3, 0.4) is 0 Å². The molecule has 1 atom stereocenters.